The van der Waals surface area contributed by atoms with Gasteiger partial charge in [-0.2, -0.15) is 13.2 Å². The lowest BCUT2D eigenvalue weighted by Crippen LogP contribution is -2.19. The number of halogens is 4. The monoisotopic (exact) mass is 360 g/mol. The number of carbonyl (C=O) groups is 1. The largest absolute Gasteiger partial charge is 0.482 e. The van der Waals surface area contributed by atoms with Gasteiger partial charge in [-0.3, -0.25) is 0 Å². The molecule has 0 fully saturated rings. The molecular formula is C15H12ClF3N2O3. The van der Waals surface area contributed by atoms with Crippen molar-refractivity contribution in [1.29, 1.82) is 0 Å². The van der Waals surface area contributed by atoms with Crippen molar-refractivity contribution in [3.05, 3.63) is 46.7 Å². The molecule has 0 amide bonds. The fourth-order valence-corrected chi connectivity index (χ4v) is 2.20. The number of alkyl halides is 3. The number of nitrogens with zero attached hydrogens (tertiary/aromatic N) is 1. The molecular weight excluding hydrogens is 349 g/mol. The molecule has 2 aromatic rings. The van der Waals surface area contributed by atoms with Gasteiger partial charge in [-0.1, -0.05) is 23.7 Å². The standard InChI is InChI=1S/C15H12ClF3N2O3/c16-11-3-8(1-2-9(11)5-20)10-4-12(14(22)23)21-6-13(10)24-7-15(17,18)19/h1-4,6H,5,7,20H2,(H,22,23). The number of hydrogen-bond acceptors (Lipinski definition) is 4. The first kappa shape index (κ1) is 18.0. The van der Waals surface area contributed by atoms with E-state index in [1.165, 1.54) is 6.07 Å². The minimum Gasteiger partial charge on any atom is -0.482 e. The number of pyridine rings is 1. The minimum absolute atomic E-state index is 0.136. The molecule has 0 unspecified atom stereocenters. The minimum atomic E-state index is -4.54. The zero-order valence-corrected chi connectivity index (χ0v) is 12.9. The van der Waals surface area contributed by atoms with E-state index in [4.69, 9.17) is 27.2 Å². The molecule has 0 atom stereocenters. The molecule has 1 aromatic heterocycles. The topological polar surface area (TPSA) is 85.4 Å². The molecule has 3 N–H and O–H groups in total. The first-order valence-electron chi connectivity index (χ1n) is 6.63. The molecule has 1 heterocycles. The van der Waals surface area contributed by atoms with E-state index in [9.17, 15) is 18.0 Å². The van der Waals surface area contributed by atoms with Crippen molar-refractivity contribution in [2.24, 2.45) is 5.73 Å². The maximum atomic E-state index is 12.4. The Hall–Kier alpha value is -2.32. The summed E-state index contributed by atoms with van der Waals surface area (Å²) in [6, 6.07) is 5.77. The summed E-state index contributed by atoms with van der Waals surface area (Å²) < 4.78 is 41.9. The molecule has 0 saturated heterocycles. The number of carboxylic acids is 1. The molecule has 0 saturated carbocycles. The van der Waals surface area contributed by atoms with Crippen LogP contribution in [0.15, 0.2) is 30.5 Å². The molecule has 128 valence electrons. The first-order chi connectivity index (χ1) is 11.2. The summed E-state index contributed by atoms with van der Waals surface area (Å²) in [4.78, 5) is 14.6. The number of aromatic carboxylic acids is 1. The van der Waals surface area contributed by atoms with Crippen molar-refractivity contribution in [3.8, 4) is 16.9 Å². The third-order valence-corrected chi connectivity index (χ3v) is 3.41. The first-order valence-corrected chi connectivity index (χ1v) is 7.01. The van der Waals surface area contributed by atoms with Crippen LogP contribution in [0.1, 0.15) is 16.1 Å². The van der Waals surface area contributed by atoms with E-state index in [-0.39, 0.29) is 23.6 Å². The summed E-state index contributed by atoms with van der Waals surface area (Å²) in [6.07, 6.45) is -3.60. The van der Waals surface area contributed by atoms with E-state index in [2.05, 4.69) is 4.98 Å². The van der Waals surface area contributed by atoms with Crippen molar-refractivity contribution in [3.63, 3.8) is 0 Å². The molecule has 2 rings (SSSR count). The number of rotatable bonds is 5. The fraction of sp³-hybridized carbons (Fsp3) is 0.200. The van der Waals surface area contributed by atoms with Crippen LogP contribution in [-0.4, -0.2) is 28.8 Å². The van der Waals surface area contributed by atoms with Gasteiger partial charge in [0.2, 0.25) is 0 Å². The summed E-state index contributed by atoms with van der Waals surface area (Å²) >= 11 is 6.05. The van der Waals surface area contributed by atoms with Gasteiger partial charge >= 0.3 is 12.1 Å². The van der Waals surface area contributed by atoms with Crippen molar-refractivity contribution in [2.45, 2.75) is 12.7 Å². The van der Waals surface area contributed by atoms with Crippen molar-refractivity contribution in [1.82, 2.24) is 4.98 Å². The van der Waals surface area contributed by atoms with E-state index >= 15 is 0 Å². The van der Waals surface area contributed by atoms with Crippen LogP contribution in [0.3, 0.4) is 0 Å². The van der Waals surface area contributed by atoms with Gasteiger partial charge in [-0.05, 0) is 23.3 Å². The predicted molar refractivity (Wildman–Crippen MR) is 81.1 cm³/mol. The van der Waals surface area contributed by atoms with Crippen LogP contribution >= 0.6 is 11.6 Å². The van der Waals surface area contributed by atoms with Crippen LogP contribution in [0.5, 0.6) is 5.75 Å². The number of aromatic nitrogens is 1. The van der Waals surface area contributed by atoms with E-state index in [0.29, 0.717) is 16.1 Å². The summed E-state index contributed by atoms with van der Waals surface area (Å²) in [5, 5.41) is 9.33. The normalized spacial score (nSPS) is 11.4. The number of hydrogen-bond donors (Lipinski definition) is 2. The Kier molecular flexibility index (Phi) is 5.30. The average molecular weight is 361 g/mol. The van der Waals surface area contributed by atoms with Gasteiger partial charge in [0.15, 0.2) is 6.61 Å². The van der Waals surface area contributed by atoms with E-state index in [1.807, 2.05) is 0 Å². The van der Waals surface area contributed by atoms with Crippen LogP contribution in [-0.2, 0) is 6.54 Å². The Bertz CT molecular complexity index is 766. The molecule has 0 radical (unpaired) electrons. The Morgan fingerprint density at radius 2 is 2.04 bits per heavy atom. The zero-order chi connectivity index (χ0) is 17.9. The maximum absolute atomic E-state index is 12.4. The fourth-order valence-electron chi connectivity index (χ4n) is 1.94. The number of carboxylic acid groups (broad SMARTS) is 1. The molecule has 0 spiro atoms. The second-order valence-electron chi connectivity index (χ2n) is 4.79. The van der Waals surface area contributed by atoms with Crippen molar-refractivity contribution < 1.29 is 27.8 Å². The molecule has 24 heavy (non-hydrogen) atoms. The van der Waals surface area contributed by atoms with E-state index in [1.54, 1.807) is 12.1 Å². The molecule has 0 bridgehead atoms. The summed E-state index contributed by atoms with van der Waals surface area (Å²) in [7, 11) is 0. The molecule has 1 aromatic carbocycles. The summed E-state index contributed by atoms with van der Waals surface area (Å²) in [5.41, 5.74) is 6.35. The lowest BCUT2D eigenvalue weighted by atomic mass is 10.0. The second kappa shape index (κ2) is 7.06. The third-order valence-electron chi connectivity index (χ3n) is 3.06. The van der Waals surface area contributed by atoms with Gasteiger partial charge < -0.3 is 15.6 Å². The summed E-state index contributed by atoms with van der Waals surface area (Å²) in [6.45, 7) is -1.34. The third kappa shape index (κ3) is 4.36. The predicted octanol–water partition coefficient (Wildman–Crippen LogP) is 3.50. The quantitative estimate of drug-likeness (QED) is 0.852. The number of ether oxygens (including phenoxy) is 1. The Labute approximate surface area is 139 Å². The summed E-state index contributed by atoms with van der Waals surface area (Å²) in [5.74, 6) is -1.52. The molecule has 0 aliphatic heterocycles. The van der Waals surface area contributed by atoms with Gasteiger partial charge in [-0.15, -0.1) is 0 Å². The molecule has 0 aliphatic carbocycles. The van der Waals surface area contributed by atoms with Crippen LogP contribution in [0.2, 0.25) is 5.02 Å². The molecule has 0 aliphatic rings. The Morgan fingerprint density at radius 1 is 1.33 bits per heavy atom. The van der Waals surface area contributed by atoms with Crippen LogP contribution in [0.4, 0.5) is 13.2 Å². The Morgan fingerprint density at radius 3 is 2.58 bits per heavy atom. The van der Waals surface area contributed by atoms with Gasteiger partial charge in [-0.25, -0.2) is 9.78 Å². The van der Waals surface area contributed by atoms with E-state index < -0.39 is 18.8 Å². The molecule has 5 nitrogen and oxygen atoms in total. The highest BCUT2D eigenvalue weighted by molar-refractivity contribution is 6.31. The van der Waals surface area contributed by atoms with Gasteiger partial charge in [0.1, 0.15) is 11.4 Å². The van der Waals surface area contributed by atoms with E-state index in [0.717, 1.165) is 12.3 Å². The highest BCUT2D eigenvalue weighted by Gasteiger charge is 2.29. The lowest BCUT2D eigenvalue weighted by Gasteiger charge is -2.14. The van der Waals surface area contributed by atoms with Crippen LogP contribution in [0, 0.1) is 0 Å². The maximum Gasteiger partial charge on any atom is 0.422 e. The van der Waals surface area contributed by atoms with Crippen LogP contribution < -0.4 is 10.5 Å². The van der Waals surface area contributed by atoms with Crippen molar-refractivity contribution in [2.75, 3.05) is 6.61 Å². The highest BCUT2D eigenvalue weighted by Crippen LogP contribution is 2.33. The highest BCUT2D eigenvalue weighted by atomic mass is 35.5. The van der Waals surface area contributed by atoms with Gasteiger partial charge in [0.05, 0.1) is 6.20 Å². The second-order valence-corrected chi connectivity index (χ2v) is 5.19. The van der Waals surface area contributed by atoms with Crippen molar-refractivity contribution >= 4 is 17.6 Å². The van der Waals surface area contributed by atoms with Gasteiger partial charge in [0, 0.05) is 17.1 Å². The lowest BCUT2D eigenvalue weighted by molar-refractivity contribution is -0.153. The Balaban J connectivity index is 2.49. The average Bonchev–Trinajstić information content (AvgIpc) is 2.51. The SMILES string of the molecule is NCc1ccc(-c2cc(C(=O)O)ncc2OCC(F)(F)F)cc1Cl. The zero-order valence-electron chi connectivity index (χ0n) is 12.1. The van der Waals surface area contributed by atoms with Crippen LogP contribution in [0.25, 0.3) is 11.1 Å². The van der Waals surface area contributed by atoms with Gasteiger partial charge in [0.25, 0.3) is 0 Å². The number of benzene rings is 1. The number of nitrogens with two attached hydrogens (primary N) is 1. The smallest absolute Gasteiger partial charge is 0.422 e. The molecule has 9 heteroatoms.